The third kappa shape index (κ3) is 7.55. The lowest BCUT2D eigenvalue weighted by atomic mass is 9.92. The highest BCUT2D eigenvalue weighted by Gasteiger charge is 2.28. The number of guanidine groups is 1. The van der Waals surface area contributed by atoms with Crippen LogP contribution >= 0.6 is 35.3 Å². The Balaban J connectivity index is 0.00000363. The van der Waals surface area contributed by atoms with Crippen molar-refractivity contribution in [3.05, 3.63) is 16.1 Å². The fourth-order valence-corrected chi connectivity index (χ4v) is 5.46. The molecule has 2 aliphatic rings. The van der Waals surface area contributed by atoms with Gasteiger partial charge in [0.25, 0.3) is 0 Å². The Morgan fingerprint density at radius 2 is 1.78 bits per heavy atom. The van der Waals surface area contributed by atoms with Gasteiger partial charge in [-0.1, -0.05) is 34.6 Å². The topological polar surface area (TPSA) is 64.1 Å². The number of piperazine rings is 1. The minimum Gasteiger partial charge on any atom is -0.350 e. The van der Waals surface area contributed by atoms with E-state index in [-0.39, 0.29) is 35.3 Å². The van der Waals surface area contributed by atoms with Crippen LogP contribution in [0.2, 0.25) is 0 Å². The van der Waals surface area contributed by atoms with E-state index >= 15 is 0 Å². The Kier molecular flexibility index (Phi) is 10.2. The van der Waals surface area contributed by atoms with Crippen molar-refractivity contribution in [3.63, 3.8) is 0 Å². The van der Waals surface area contributed by atoms with Crippen LogP contribution in [0.4, 0.5) is 0 Å². The number of halogens is 1. The Morgan fingerprint density at radius 1 is 1.16 bits per heavy atom. The Hall–Kier alpha value is -0.940. The summed E-state index contributed by atoms with van der Waals surface area (Å²) in [5.41, 5.74) is 1.22. The van der Waals surface area contributed by atoms with Crippen molar-refractivity contribution in [2.45, 2.75) is 53.0 Å². The van der Waals surface area contributed by atoms with E-state index in [1.807, 2.05) is 7.05 Å². The summed E-state index contributed by atoms with van der Waals surface area (Å²) in [6.07, 6.45) is 1.23. The summed E-state index contributed by atoms with van der Waals surface area (Å²) in [5.74, 6) is 2.41. The first kappa shape index (κ1) is 27.3. The maximum Gasteiger partial charge on any atom is 0.236 e. The van der Waals surface area contributed by atoms with Crippen LogP contribution in [-0.2, 0) is 16.8 Å². The van der Waals surface area contributed by atoms with E-state index in [4.69, 9.17) is 4.98 Å². The molecule has 0 aliphatic carbocycles. The van der Waals surface area contributed by atoms with Crippen molar-refractivity contribution < 1.29 is 4.79 Å². The minimum absolute atomic E-state index is 0. The molecule has 0 bridgehead atoms. The molecule has 1 aromatic heterocycles. The molecule has 3 heterocycles. The van der Waals surface area contributed by atoms with Gasteiger partial charge in [-0.2, -0.15) is 0 Å². The number of rotatable bonds is 4. The van der Waals surface area contributed by atoms with Gasteiger partial charge in [-0.3, -0.25) is 14.7 Å². The van der Waals surface area contributed by atoms with Gasteiger partial charge in [0.05, 0.1) is 18.8 Å². The van der Waals surface area contributed by atoms with E-state index in [2.05, 4.69) is 65.0 Å². The highest BCUT2D eigenvalue weighted by atomic mass is 127. The van der Waals surface area contributed by atoms with Crippen LogP contribution in [0.3, 0.4) is 0 Å². The number of piperidine rings is 1. The second-order valence-corrected chi connectivity index (χ2v) is 11.2. The molecule has 2 aliphatic heterocycles. The lowest BCUT2D eigenvalue weighted by Gasteiger charge is -2.39. The van der Waals surface area contributed by atoms with Crippen LogP contribution in [0.5, 0.6) is 0 Å². The standard InChI is InChI=1S/C23H40N6OS.HI/c1-17-11-18(2)14-29(13-17)21(30)15-27-7-9-28(10-8-27)22(24-6)25-12-20-26-19(16-31-20)23(3,4)5;/h16-18H,7-15H2,1-6H3,(H,24,25);1H. The molecule has 1 amide bonds. The average molecular weight is 577 g/mol. The lowest BCUT2D eigenvalue weighted by Crippen LogP contribution is -2.55. The summed E-state index contributed by atoms with van der Waals surface area (Å²) in [6, 6.07) is 0. The molecule has 9 heteroatoms. The van der Waals surface area contributed by atoms with Crippen LogP contribution in [-0.4, -0.2) is 84.4 Å². The first-order valence-corrected chi connectivity index (χ1v) is 12.4. The van der Waals surface area contributed by atoms with Gasteiger partial charge in [0.1, 0.15) is 5.01 Å². The number of likely N-dealkylation sites (tertiary alicyclic amines) is 1. The van der Waals surface area contributed by atoms with Crippen LogP contribution in [0.15, 0.2) is 10.4 Å². The number of thiazole rings is 1. The monoisotopic (exact) mass is 576 g/mol. The number of carbonyl (C=O) groups is 1. The van der Waals surface area contributed by atoms with Gasteiger partial charge < -0.3 is 15.1 Å². The van der Waals surface area contributed by atoms with E-state index in [0.717, 1.165) is 55.9 Å². The summed E-state index contributed by atoms with van der Waals surface area (Å²) >= 11 is 1.70. The molecular weight excluding hydrogens is 535 g/mol. The third-order valence-corrected chi connectivity index (χ3v) is 7.03. The highest BCUT2D eigenvalue weighted by Crippen LogP contribution is 2.24. The highest BCUT2D eigenvalue weighted by molar-refractivity contribution is 14.0. The molecule has 0 saturated carbocycles. The van der Waals surface area contributed by atoms with Crippen LogP contribution in [0.25, 0.3) is 0 Å². The molecular formula is C23H41IN6OS. The lowest BCUT2D eigenvalue weighted by molar-refractivity contribution is -0.135. The van der Waals surface area contributed by atoms with Crippen LogP contribution in [0, 0.1) is 11.8 Å². The number of hydrogen-bond acceptors (Lipinski definition) is 5. The van der Waals surface area contributed by atoms with Crippen molar-refractivity contribution in [2.75, 3.05) is 52.9 Å². The summed E-state index contributed by atoms with van der Waals surface area (Å²) < 4.78 is 0. The number of carbonyl (C=O) groups excluding carboxylic acids is 1. The quantitative estimate of drug-likeness (QED) is 0.339. The fraction of sp³-hybridized carbons (Fsp3) is 0.783. The van der Waals surface area contributed by atoms with Crippen molar-refractivity contribution in [1.29, 1.82) is 0 Å². The van der Waals surface area contributed by atoms with Crippen molar-refractivity contribution in [3.8, 4) is 0 Å². The smallest absolute Gasteiger partial charge is 0.236 e. The normalized spacial score (nSPS) is 23.1. The molecule has 32 heavy (non-hydrogen) atoms. The molecule has 3 rings (SSSR count). The Bertz CT molecular complexity index is 759. The largest absolute Gasteiger partial charge is 0.350 e. The molecule has 0 radical (unpaired) electrons. The number of amides is 1. The molecule has 1 aromatic rings. The molecule has 2 unspecified atom stereocenters. The molecule has 0 spiro atoms. The van der Waals surface area contributed by atoms with E-state index in [0.29, 0.717) is 24.9 Å². The summed E-state index contributed by atoms with van der Waals surface area (Å²) in [6.45, 7) is 17.7. The van der Waals surface area contributed by atoms with E-state index in [1.54, 1.807) is 11.3 Å². The molecule has 1 N–H and O–H groups in total. The number of aliphatic imine (C=N–C) groups is 1. The van der Waals surface area contributed by atoms with Gasteiger partial charge in [0, 0.05) is 57.1 Å². The second kappa shape index (κ2) is 12.0. The van der Waals surface area contributed by atoms with Crippen molar-refractivity contribution >= 4 is 47.2 Å². The van der Waals surface area contributed by atoms with E-state index in [1.165, 1.54) is 6.42 Å². The third-order valence-electron chi connectivity index (χ3n) is 6.18. The first-order valence-electron chi connectivity index (χ1n) is 11.6. The predicted molar refractivity (Wildman–Crippen MR) is 144 cm³/mol. The molecule has 7 nitrogen and oxygen atoms in total. The zero-order valence-electron chi connectivity index (χ0n) is 20.6. The fourth-order valence-electron chi connectivity index (χ4n) is 4.50. The van der Waals surface area contributed by atoms with Crippen LogP contribution in [0.1, 0.15) is 51.7 Å². The zero-order chi connectivity index (χ0) is 22.6. The van der Waals surface area contributed by atoms with Gasteiger partial charge in [-0.25, -0.2) is 4.98 Å². The van der Waals surface area contributed by atoms with Crippen molar-refractivity contribution in [2.24, 2.45) is 16.8 Å². The SMILES string of the molecule is CN=C(NCc1nc(C(C)(C)C)cs1)N1CCN(CC(=O)N2CC(C)CC(C)C2)CC1.I. The second-order valence-electron chi connectivity index (χ2n) is 10.3. The summed E-state index contributed by atoms with van der Waals surface area (Å²) in [5, 5.41) is 6.70. The van der Waals surface area contributed by atoms with Crippen LogP contribution < -0.4 is 5.32 Å². The Morgan fingerprint density at radius 3 is 2.31 bits per heavy atom. The molecule has 182 valence electrons. The van der Waals surface area contributed by atoms with Gasteiger partial charge in [-0.05, 0) is 18.3 Å². The summed E-state index contributed by atoms with van der Waals surface area (Å²) in [4.78, 5) is 28.7. The summed E-state index contributed by atoms with van der Waals surface area (Å²) in [7, 11) is 1.83. The molecule has 2 fully saturated rings. The number of aromatic nitrogens is 1. The molecule has 0 aromatic carbocycles. The van der Waals surface area contributed by atoms with E-state index in [9.17, 15) is 4.79 Å². The number of hydrogen-bond donors (Lipinski definition) is 1. The number of nitrogens with zero attached hydrogens (tertiary/aromatic N) is 5. The first-order chi connectivity index (χ1) is 14.7. The van der Waals surface area contributed by atoms with Gasteiger partial charge >= 0.3 is 0 Å². The average Bonchev–Trinajstić information content (AvgIpc) is 3.18. The van der Waals surface area contributed by atoms with Gasteiger partial charge in [0.15, 0.2) is 5.96 Å². The predicted octanol–water partition coefficient (Wildman–Crippen LogP) is 3.26. The van der Waals surface area contributed by atoms with Crippen molar-refractivity contribution in [1.82, 2.24) is 25.0 Å². The zero-order valence-corrected chi connectivity index (χ0v) is 23.7. The maximum absolute atomic E-state index is 12.8. The Labute approximate surface area is 215 Å². The molecule has 2 saturated heterocycles. The van der Waals surface area contributed by atoms with E-state index < -0.39 is 0 Å². The van der Waals surface area contributed by atoms with Gasteiger partial charge in [-0.15, -0.1) is 35.3 Å². The molecule has 2 atom stereocenters. The minimum atomic E-state index is 0. The van der Waals surface area contributed by atoms with Gasteiger partial charge in [0.2, 0.25) is 5.91 Å². The number of nitrogens with one attached hydrogen (secondary N) is 1. The maximum atomic E-state index is 12.8.